The Hall–Kier alpha value is -2.44. The van der Waals surface area contributed by atoms with Gasteiger partial charge in [-0.1, -0.05) is 24.0 Å². The van der Waals surface area contributed by atoms with Crippen molar-refractivity contribution < 1.29 is 14.9 Å². The second kappa shape index (κ2) is 6.65. The second-order valence-electron chi connectivity index (χ2n) is 4.40. The van der Waals surface area contributed by atoms with Crippen LogP contribution in [-0.2, 0) is 6.61 Å². The Labute approximate surface area is 118 Å². The fourth-order valence-corrected chi connectivity index (χ4v) is 1.84. The summed E-state index contributed by atoms with van der Waals surface area (Å²) in [6, 6.07) is 12.6. The van der Waals surface area contributed by atoms with Crippen molar-refractivity contribution in [2.24, 2.45) is 0 Å². The molecule has 0 radical (unpaired) electrons. The van der Waals surface area contributed by atoms with E-state index in [0.717, 1.165) is 22.4 Å². The largest absolute Gasteiger partial charge is 0.508 e. The molecule has 3 heteroatoms. The zero-order chi connectivity index (χ0) is 14.4. The summed E-state index contributed by atoms with van der Waals surface area (Å²) in [5, 5.41) is 18.1. The van der Waals surface area contributed by atoms with Crippen molar-refractivity contribution in [3.05, 3.63) is 59.2 Å². The fraction of sp³-hybridized carbons (Fsp3) is 0.176. The molecule has 0 heterocycles. The van der Waals surface area contributed by atoms with E-state index < -0.39 is 0 Å². The number of aliphatic hydroxyl groups is 1. The molecule has 0 saturated heterocycles. The zero-order valence-corrected chi connectivity index (χ0v) is 11.3. The number of ether oxygens (including phenoxy) is 1. The summed E-state index contributed by atoms with van der Waals surface area (Å²) in [5.74, 6) is 6.48. The molecule has 102 valence electrons. The molecular weight excluding hydrogens is 252 g/mol. The van der Waals surface area contributed by atoms with Crippen LogP contribution in [-0.4, -0.2) is 16.8 Å². The van der Waals surface area contributed by atoms with Crippen LogP contribution in [0.5, 0.6) is 11.5 Å². The van der Waals surface area contributed by atoms with Crippen molar-refractivity contribution >= 4 is 0 Å². The number of rotatable bonds is 3. The Kier molecular flexibility index (Phi) is 4.65. The molecule has 2 rings (SSSR count). The Morgan fingerprint density at radius 1 is 1.15 bits per heavy atom. The molecule has 0 bridgehead atoms. The lowest BCUT2D eigenvalue weighted by molar-refractivity contribution is 0.303. The van der Waals surface area contributed by atoms with E-state index in [9.17, 15) is 5.11 Å². The smallest absolute Gasteiger partial charge is 0.122 e. The van der Waals surface area contributed by atoms with Crippen LogP contribution >= 0.6 is 0 Å². The number of aliphatic hydroxyl groups excluding tert-OH is 1. The molecule has 2 aromatic carbocycles. The zero-order valence-electron chi connectivity index (χ0n) is 11.3. The van der Waals surface area contributed by atoms with E-state index in [2.05, 4.69) is 11.8 Å². The molecule has 20 heavy (non-hydrogen) atoms. The van der Waals surface area contributed by atoms with Crippen LogP contribution in [0.2, 0.25) is 0 Å². The Bertz CT molecular complexity index is 651. The molecule has 0 unspecified atom stereocenters. The van der Waals surface area contributed by atoms with Crippen molar-refractivity contribution in [1.82, 2.24) is 0 Å². The SMILES string of the molecule is Cc1cc(C#CCO)ccc1OCc1cccc(O)c1. The van der Waals surface area contributed by atoms with Gasteiger partial charge < -0.3 is 14.9 Å². The number of hydrogen-bond donors (Lipinski definition) is 2. The van der Waals surface area contributed by atoms with Gasteiger partial charge in [0.1, 0.15) is 24.7 Å². The number of hydrogen-bond acceptors (Lipinski definition) is 3. The standard InChI is InChI=1S/C17H16O3/c1-13-10-14(5-3-9-18)7-8-17(13)20-12-15-4-2-6-16(19)11-15/h2,4,6-8,10-11,18-19H,9,12H2,1H3. The molecule has 0 spiro atoms. The first-order valence-corrected chi connectivity index (χ1v) is 6.30. The van der Waals surface area contributed by atoms with Gasteiger partial charge in [0.2, 0.25) is 0 Å². The van der Waals surface area contributed by atoms with Crippen LogP contribution in [0.3, 0.4) is 0 Å². The number of phenols is 1. The van der Waals surface area contributed by atoms with E-state index in [4.69, 9.17) is 9.84 Å². The van der Waals surface area contributed by atoms with Crippen LogP contribution in [0.4, 0.5) is 0 Å². The second-order valence-corrected chi connectivity index (χ2v) is 4.40. The van der Waals surface area contributed by atoms with Crippen molar-refractivity contribution in [3.8, 4) is 23.3 Å². The number of benzene rings is 2. The molecule has 0 aliphatic heterocycles. The van der Waals surface area contributed by atoms with Gasteiger partial charge in [0.15, 0.2) is 0 Å². The maximum absolute atomic E-state index is 9.39. The van der Waals surface area contributed by atoms with Crippen molar-refractivity contribution in [2.45, 2.75) is 13.5 Å². The van der Waals surface area contributed by atoms with Crippen LogP contribution in [0.15, 0.2) is 42.5 Å². The van der Waals surface area contributed by atoms with Crippen molar-refractivity contribution in [3.63, 3.8) is 0 Å². The van der Waals surface area contributed by atoms with Crippen LogP contribution in [0.1, 0.15) is 16.7 Å². The summed E-state index contributed by atoms with van der Waals surface area (Å²) in [5.41, 5.74) is 2.74. The first-order valence-electron chi connectivity index (χ1n) is 6.30. The highest BCUT2D eigenvalue weighted by Gasteiger charge is 2.01. The van der Waals surface area contributed by atoms with Gasteiger partial charge in [0.25, 0.3) is 0 Å². The first-order chi connectivity index (χ1) is 9.69. The van der Waals surface area contributed by atoms with Gasteiger partial charge >= 0.3 is 0 Å². The normalized spacial score (nSPS) is 9.70. The minimum absolute atomic E-state index is 0.144. The van der Waals surface area contributed by atoms with Crippen LogP contribution in [0.25, 0.3) is 0 Å². The minimum atomic E-state index is -0.144. The van der Waals surface area contributed by atoms with Crippen molar-refractivity contribution in [2.75, 3.05) is 6.61 Å². The van der Waals surface area contributed by atoms with Gasteiger partial charge in [0.05, 0.1) is 0 Å². The predicted molar refractivity (Wildman–Crippen MR) is 77.6 cm³/mol. The van der Waals surface area contributed by atoms with Gasteiger partial charge in [-0.2, -0.15) is 0 Å². The molecule has 0 aromatic heterocycles. The van der Waals surface area contributed by atoms with Crippen LogP contribution < -0.4 is 4.74 Å². The van der Waals surface area contributed by atoms with Crippen LogP contribution in [0, 0.1) is 18.8 Å². The lowest BCUT2D eigenvalue weighted by Gasteiger charge is -2.09. The van der Waals surface area contributed by atoms with E-state index >= 15 is 0 Å². The highest BCUT2D eigenvalue weighted by Crippen LogP contribution is 2.21. The molecule has 3 nitrogen and oxygen atoms in total. The molecule has 0 saturated carbocycles. The third-order valence-electron chi connectivity index (χ3n) is 2.79. The maximum atomic E-state index is 9.39. The fourth-order valence-electron chi connectivity index (χ4n) is 1.84. The number of phenolic OH excluding ortho intramolecular Hbond substituents is 1. The summed E-state index contributed by atoms with van der Waals surface area (Å²) in [6.45, 7) is 2.20. The van der Waals surface area contributed by atoms with E-state index in [1.54, 1.807) is 18.2 Å². The van der Waals surface area contributed by atoms with E-state index in [-0.39, 0.29) is 12.4 Å². The predicted octanol–water partition coefficient (Wildman–Crippen LogP) is 2.62. The monoisotopic (exact) mass is 268 g/mol. The summed E-state index contributed by atoms with van der Waals surface area (Å²) in [7, 11) is 0. The van der Waals surface area contributed by atoms with Gasteiger partial charge in [-0.15, -0.1) is 0 Å². The lowest BCUT2D eigenvalue weighted by atomic mass is 10.1. The van der Waals surface area contributed by atoms with E-state index in [1.165, 1.54) is 0 Å². The number of aromatic hydroxyl groups is 1. The van der Waals surface area contributed by atoms with E-state index in [0.29, 0.717) is 6.61 Å². The Balaban J connectivity index is 2.06. The topological polar surface area (TPSA) is 49.7 Å². The van der Waals surface area contributed by atoms with Gasteiger partial charge in [-0.25, -0.2) is 0 Å². The minimum Gasteiger partial charge on any atom is -0.508 e. The van der Waals surface area contributed by atoms with Gasteiger partial charge in [0, 0.05) is 5.56 Å². The summed E-state index contributed by atoms with van der Waals surface area (Å²) >= 11 is 0. The highest BCUT2D eigenvalue weighted by molar-refractivity contribution is 5.43. The number of aryl methyl sites for hydroxylation is 1. The summed E-state index contributed by atoms with van der Waals surface area (Å²) < 4.78 is 5.73. The molecule has 2 aromatic rings. The molecule has 0 aliphatic carbocycles. The van der Waals surface area contributed by atoms with Crippen molar-refractivity contribution in [1.29, 1.82) is 0 Å². The molecular formula is C17H16O3. The average Bonchev–Trinajstić information content (AvgIpc) is 2.44. The third-order valence-corrected chi connectivity index (χ3v) is 2.79. The Morgan fingerprint density at radius 2 is 2.00 bits per heavy atom. The molecule has 0 fully saturated rings. The summed E-state index contributed by atoms with van der Waals surface area (Å²) in [4.78, 5) is 0. The molecule has 2 N–H and O–H groups in total. The first kappa shape index (κ1) is 14.0. The summed E-state index contributed by atoms with van der Waals surface area (Å²) in [6.07, 6.45) is 0. The molecule has 0 atom stereocenters. The lowest BCUT2D eigenvalue weighted by Crippen LogP contribution is -1.97. The van der Waals surface area contributed by atoms with Gasteiger partial charge in [-0.05, 0) is 48.4 Å². The average molecular weight is 268 g/mol. The Morgan fingerprint density at radius 3 is 2.70 bits per heavy atom. The quantitative estimate of drug-likeness (QED) is 0.841. The molecule has 0 aliphatic rings. The highest BCUT2D eigenvalue weighted by atomic mass is 16.5. The maximum Gasteiger partial charge on any atom is 0.122 e. The third kappa shape index (κ3) is 3.78. The van der Waals surface area contributed by atoms with E-state index in [1.807, 2.05) is 31.2 Å². The molecule has 0 amide bonds. The van der Waals surface area contributed by atoms with Gasteiger partial charge in [-0.3, -0.25) is 0 Å².